The molecule has 1 fully saturated rings. The third-order valence-electron chi connectivity index (χ3n) is 6.90. The maximum atomic E-state index is 13.7. The molecule has 0 saturated carbocycles. The van der Waals surface area contributed by atoms with Crippen molar-refractivity contribution in [1.29, 1.82) is 0 Å². The number of fused-ring (bicyclic) bond motifs is 1. The minimum Gasteiger partial charge on any atom is -0.477 e. The van der Waals surface area contributed by atoms with Gasteiger partial charge in [-0.05, 0) is 54.8 Å². The average Bonchev–Trinajstić information content (AvgIpc) is 2.95. The molecule has 0 unspecified atom stereocenters. The van der Waals surface area contributed by atoms with Gasteiger partial charge in [-0.1, -0.05) is 54.1 Å². The van der Waals surface area contributed by atoms with Crippen LogP contribution in [0.2, 0.25) is 5.02 Å². The number of piperidine rings is 1. The van der Waals surface area contributed by atoms with E-state index in [9.17, 15) is 18.0 Å². The highest BCUT2D eigenvalue weighted by Crippen LogP contribution is 2.36. The SMILES string of the molecule is O=C(NCc1ccccc1)[C@H]1CN(C(=O)C2CCN(S(=O)(=O)c3ccc(Cl)cc3)CC2)c2ccccc2O1. The molecule has 38 heavy (non-hydrogen) atoms. The monoisotopic (exact) mass is 553 g/mol. The number of carbonyl (C=O) groups is 2. The Balaban J connectivity index is 1.26. The lowest BCUT2D eigenvalue weighted by Crippen LogP contribution is -2.53. The van der Waals surface area contributed by atoms with Crippen molar-refractivity contribution < 1.29 is 22.7 Å². The van der Waals surface area contributed by atoms with E-state index in [2.05, 4.69) is 5.32 Å². The second-order valence-corrected chi connectivity index (χ2v) is 11.7. The van der Waals surface area contributed by atoms with Crippen LogP contribution in [-0.4, -0.2) is 50.3 Å². The molecule has 2 aliphatic heterocycles. The van der Waals surface area contributed by atoms with Crippen LogP contribution in [0.1, 0.15) is 18.4 Å². The molecule has 3 aromatic rings. The second kappa shape index (κ2) is 11.1. The topological polar surface area (TPSA) is 96.0 Å². The van der Waals surface area contributed by atoms with Gasteiger partial charge in [0.2, 0.25) is 15.9 Å². The summed E-state index contributed by atoms with van der Waals surface area (Å²) in [6.45, 7) is 0.901. The minimum absolute atomic E-state index is 0.0831. The Labute approximate surface area is 227 Å². The lowest BCUT2D eigenvalue weighted by Gasteiger charge is -2.38. The minimum atomic E-state index is -3.67. The molecule has 5 rings (SSSR count). The Morgan fingerprint density at radius 1 is 0.921 bits per heavy atom. The van der Waals surface area contributed by atoms with Gasteiger partial charge in [0.25, 0.3) is 5.91 Å². The molecule has 1 atom stereocenters. The van der Waals surface area contributed by atoms with Crippen LogP contribution < -0.4 is 15.0 Å². The fourth-order valence-corrected chi connectivity index (χ4v) is 6.39. The van der Waals surface area contributed by atoms with E-state index in [1.165, 1.54) is 16.4 Å². The number of hydrogen-bond acceptors (Lipinski definition) is 5. The Hall–Kier alpha value is -3.40. The van der Waals surface area contributed by atoms with Crippen molar-refractivity contribution in [3.63, 3.8) is 0 Å². The maximum Gasteiger partial charge on any atom is 0.263 e. The van der Waals surface area contributed by atoms with E-state index in [4.69, 9.17) is 16.3 Å². The number of carbonyl (C=O) groups excluding carboxylic acids is 2. The summed E-state index contributed by atoms with van der Waals surface area (Å²) >= 11 is 5.90. The second-order valence-electron chi connectivity index (χ2n) is 9.36. The van der Waals surface area contributed by atoms with E-state index < -0.39 is 16.1 Å². The maximum absolute atomic E-state index is 13.7. The van der Waals surface area contributed by atoms with Crippen molar-refractivity contribution >= 4 is 39.1 Å². The first-order chi connectivity index (χ1) is 18.3. The summed E-state index contributed by atoms with van der Waals surface area (Å²) in [5.41, 5.74) is 1.58. The number of amides is 2. The van der Waals surface area contributed by atoms with Crippen LogP contribution in [0, 0.1) is 5.92 Å². The van der Waals surface area contributed by atoms with Gasteiger partial charge in [0.1, 0.15) is 5.75 Å². The zero-order valence-electron chi connectivity index (χ0n) is 20.6. The normalized spacial score (nSPS) is 18.3. The number of nitrogens with zero attached hydrogens (tertiary/aromatic N) is 2. The number of halogens is 1. The Kier molecular flexibility index (Phi) is 7.69. The van der Waals surface area contributed by atoms with Gasteiger partial charge in [0, 0.05) is 30.6 Å². The van der Waals surface area contributed by atoms with Crippen LogP contribution in [0.5, 0.6) is 5.75 Å². The largest absolute Gasteiger partial charge is 0.477 e. The van der Waals surface area contributed by atoms with E-state index in [1.54, 1.807) is 35.2 Å². The van der Waals surface area contributed by atoms with E-state index in [0.29, 0.717) is 35.8 Å². The number of ether oxygens (including phenoxy) is 1. The standard InChI is InChI=1S/C28H28ClN3O5S/c29-22-10-12-23(13-11-22)38(35,36)31-16-14-21(15-17-31)28(34)32-19-26(37-25-9-5-4-8-24(25)32)27(33)30-18-20-6-2-1-3-7-20/h1-13,21,26H,14-19H2,(H,30,33)/t26-/m1/s1. The van der Waals surface area contributed by atoms with Crippen molar-refractivity contribution in [3.8, 4) is 5.75 Å². The summed E-state index contributed by atoms with van der Waals surface area (Å²) in [6, 6.07) is 22.8. The van der Waals surface area contributed by atoms with Gasteiger partial charge in [-0.15, -0.1) is 0 Å². The van der Waals surface area contributed by atoms with Crippen molar-refractivity contribution in [3.05, 3.63) is 89.4 Å². The summed E-state index contributed by atoms with van der Waals surface area (Å²) in [4.78, 5) is 28.5. The lowest BCUT2D eigenvalue weighted by molar-refractivity contribution is -0.129. The van der Waals surface area contributed by atoms with Crippen LogP contribution in [0.25, 0.3) is 0 Å². The Bertz CT molecular complexity index is 1410. The quantitative estimate of drug-likeness (QED) is 0.500. The van der Waals surface area contributed by atoms with Crippen molar-refractivity contribution in [2.45, 2.75) is 30.4 Å². The predicted molar refractivity (Wildman–Crippen MR) is 144 cm³/mol. The molecule has 198 valence electrons. The van der Waals surface area contributed by atoms with Crippen molar-refractivity contribution in [2.75, 3.05) is 24.5 Å². The van der Waals surface area contributed by atoms with E-state index in [1.807, 2.05) is 36.4 Å². The number of hydrogen-bond donors (Lipinski definition) is 1. The molecule has 0 spiro atoms. The van der Waals surface area contributed by atoms with Gasteiger partial charge in [0.05, 0.1) is 17.1 Å². The van der Waals surface area contributed by atoms with Gasteiger partial charge >= 0.3 is 0 Å². The summed E-state index contributed by atoms with van der Waals surface area (Å²) < 4.78 is 33.5. The molecule has 0 radical (unpaired) electrons. The van der Waals surface area contributed by atoms with E-state index in [-0.39, 0.29) is 42.3 Å². The smallest absolute Gasteiger partial charge is 0.263 e. The summed E-state index contributed by atoms with van der Waals surface area (Å²) in [7, 11) is -3.67. The van der Waals surface area contributed by atoms with Crippen LogP contribution >= 0.6 is 11.6 Å². The summed E-state index contributed by atoms with van der Waals surface area (Å²) in [6.07, 6.45) is -0.0885. The molecular weight excluding hydrogens is 526 g/mol. The molecule has 8 nitrogen and oxygen atoms in total. The zero-order chi connectivity index (χ0) is 26.7. The molecular formula is C28H28ClN3O5S. The van der Waals surface area contributed by atoms with Crippen molar-refractivity contribution in [1.82, 2.24) is 9.62 Å². The van der Waals surface area contributed by atoms with Crippen LogP contribution in [-0.2, 0) is 26.2 Å². The third kappa shape index (κ3) is 5.55. The van der Waals surface area contributed by atoms with Crippen molar-refractivity contribution in [2.24, 2.45) is 5.92 Å². The average molecular weight is 554 g/mol. The molecule has 1 N–H and O–H groups in total. The highest BCUT2D eigenvalue weighted by molar-refractivity contribution is 7.89. The summed E-state index contributed by atoms with van der Waals surface area (Å²) in [5, 5.41) is 3.36. The van der Waals surface area contributed by atoms with Gasteiger partial charge < -0.3 is 15.0 Å². The first-order valence-electron chi connectivity index (χ1n) is 12.5. The molecule has 2 amide bonds. The third-order valence-corrected chi connectivity index (χ3v) is 9.06. The molecule has 3 aromatic carbocycles. The molecule has 0 bridgehead atoms. The van der Waals surface area contributed by atoms with Crippen LogP contribution in [0.4, 0.5) is 5.69 Å². The number of sulfonamides is 1. The fraction of sp³-hybridized carbons (Fsp3) is 0.286. The first kappa shape index (κ1) is 26.2. The highest BCUT2D eigenvalue weighted by atomic mass is 35.5. The molecule has 10 heteroatoms. The van der Waals surface area contributed by atoms with Gasteiger partial charge in [-0.2, -0.15) is 4.31 Å². The molecule has 0 aliphatic carbocycles. The first-order valence-corrected chi connectivity index (χ1v) is 14.3. The number of nitrogens with one attached hydrogen (secondary N) is 1. The number of anilines is 1. The number of rotatable bonds is 6. The highest BCUT2D eigenvalue weighted by Gasteiger charge is 2.39. The van der Waals surface area contributed by atoms with E-state index >= 15 is 0 Å². The summed E-state index contributed by atoms with van der Waals surface area (Å²) in [5.74, 6) is -0.337. The van der Waals surface area contributed by atoms with Crippen LogP contribution in [0.3, 0.4) is 0 Å². The van der Waals surface area contributed by atoms with Gasteiger partial charge in [-0.25, -0.2) is 8.42 Å². The van der Waals surface area contributed by atoms with Crippen LogP contribution in [0.15, 0.2) is 83.8 Å². The Morgan fingerprint density at radius 3 is 2.29 bits per heavy atom. The Morgan fingerprint density at radius 2 is 1.58 bits per heavy atom. The number of benzene rings is 3. The molecule has 1 saturated heterocycles. The van der Waals surface area contributed by atoms with Gasteiger partial charge in [0.15, 0.2) is 6.10 Å². The lowest BCUT2D eigenvalue weighted by atomic mass is 9.95. The zero-order valence-corrected chi connectivity index (χ0v) is 22.2. The predicted octanol–water partition coefficient (Wildman–Crippen LogP) is 3.85. The number of para-hydroxylation sites is 2. The molecule has 2 aliphatic rings. The van der Waals surface area contributed by atoms with E-state index in [0.717, 1.165) is 5.56 Å². The fourth-order valence-electron chi connectivity index (χ4n) is 4.80. The molecule has 2 heterocycles. The molecule has 0 aromatic heterocycles. The van der Waals surface area contributed by atoms with Gasteiger partial charge in [-0.3, -0.25) is 9.59 Å².